The Labute approximate surface area is 148 Å². The third kappa shape index (κ3) is 3.05. The molecule has 2 atom stereocenters. The third-order valence-electron chi connectivity index (χ3n) is 4.96. The van der Waals surface area contributed by atoms with Gasteiger partial charge in [-0.15, -0.1) is 10.2 Å². The number of hydrogen-bond donors (Lipinski definition) is 0. The van der Waals surface area contributed by atoms with Gasteiger partial charge in [0.2, 0.25) is 5.89 Å². The maximum atomic E-state index is 12.5. The van der Waals surface area contributed by atoms with Crippen LogP contribution in [0.3, 0.4) is 0 Å². The average molecular weight is 357 g/mol. The van der Waals surface area contributed by atoms with Gasteiger partial charge in [0.15, 0.2) is 0 Å². The second-order valence-electron chi connectivity index (χ2n) is 6.95. The van der Waals surface area contributed by atoms with Crippen LogP contribution in [0.2, 0.25) is 0 Å². The van der Waals surface area contributed by atoms with E-state index in [2.05, 4.69) is 29.3 Å². The molecule has 3 aromatic rings. The van der Waals surface area contributed by atoms with Gasteiger partial charge >= 0.3 is 6.43 Å². The summed E-state index contributed by atoms with van der Waals surface area (Å²) in [5.41, 5.74) is 1.43. The summed E-state index contributed by atoms with van der Waals surface area (Å²) >= 11 is 0. The lowest BCUT2D eigenvalue weighted by Gasteiger charge is -2.14. The molecule has 1 saturated carbocycles. The fourth-order valence-electron chi connectivity index (χ4n) is 3.39. The molecule has 0 unspecified atom stereocenters. The normalized spacial score (nSPS) is 21.9. The van der Waals surface area contributed by atoms with E-state index < -0.39 is 12.3 Å². The molecule has 4 rings (SSSR count). The zero-order valence-electron chi connectivity index (χ0n) is 14.1. The molecule has 0 N–H and O–H groups in total. The maximum absolute atomic E-state index is 12.5. The lowest BCUT2D eigenvalue weighted by molar-refractivity contribution is 0.116. The molecule has 1 aliphatic carbocycles. The Morgan fingerprint density at radius 3 is 2.69 bits per heavy atom. The maximum Gasteiger partial charge on any atom is 0.314 e. The highest BCUT2D eigenvalue weighted by atomic mass is 19.3. The number of nitrogens with zero attached hydrogens (tertiary/aromatic N) is 3. The molecule has 0 bridgehead atoms. The van der Waals surface area contributed by atoms with Crippen molar-refractivity contribution < 1.29 is 13.2 Å². The van der Waals surface area contributed by atoms with E-state index >= 15 is 0 Å². The summed E-state index contributed by atoms with van der Waals surface area (Å²) in [7, 11) is 0. The first-order valence-electron chi connectivity index (χ1n) is 8.34. The minimum Gasteiger partial charge on any atom is -0.415 e. The number of pyridine rings is 1. The van der Waals surface area contributed by atoms with Crippen LogP contribution in [-0.4, -0.2) is 14.8 Å². The number of benzene rings is 1. The van der Waals surface area contributed by atoms with Crippen LogP contribution in [0, 0.1) is 5.41 Å². The first kappa shape index (κ1) is 16.6. The number of rotatable bonds is 5. The second kappa shape index (κ2) is 6.16. The van der Waals surface area contributed by atoms with E-state index in [-0.39, 0.29) is 16.9 Å². The van der Waals surface area contributed by atoms with Crippen molar-refractivity contribution in [3.05, 3.63) is 70.5 Å². The lowest BCUT2D eigenvalue weighted by atomic mass is 10.0. The van der Waals surface area contributed by atoms with Crippen LogP contribution >= 0.6 is 0 Å². The molecule has 26 heavy (non-hydrogen) atoms. The summed E-state index contributed by atoms with van der Waals surface area (Å²) in [6.45, 7) is 2.76. The van der Waals surface area contributed by atoms with Crippen molar-refractivity contribution in [1.29, 1.82) is 0 Å². The van der Waals surface area contributed by atoms with Crippen molar-refractivity contribution in [2.75, 3.05) is 0 Å². The standard InChI is InChI=1S/C19H17F2N3O2/c1-19(10-14(19)12-5-3-2-4-6-12)11-24-8-7-13(9-15(24)25)17-22-23-18(26-17)16(20)21/h2-9,14,16H,10-11H2,1H3/t14-,19+/m0/s1. The summed E-state index contributed by atoms with van der Waals surface area (Å²) in [4.78, 5) is 12.4. The van der Waals surface area contributed by atoms with Crippen LogP contribution in [0.15, 0.2) is 57.9 Å². The van der Waals surface area contributed by atoms with Crippen LogP contribution in [0.5, 0.6) is 0 Å². The molecule has 134 valence electrons. The molecule has 7 heteroatoms. The smallest absolute Gasteiger partial charge is 0.314 e. The van der Waals surface area contributed by atoms with Gasteiger partial charge in [0, 0.05) is 24.4 Å². The highest BCUT2D eigenvalue weighted by Gasteiger charge is 2.50. The van der Waals surface area contributed by atoms with Crippen molar-refractivity contribution in [1.82, 2.24) is 14.8 Å². The van der Waals surface area contributed by atoms with Crippen LogP contribution in [0.4, 0.5) is 8.78 Å². The Balaban J connectivity index is 1.53. The monoisotopic (exact) mass is 357 g/mol. The van der Waals surface area contributed by atoms with Gasteiger partial charge in [-0.05, 0) is 29.4 Å². The Hall–Kier alpha value is -2.83. The van der Waals surface area contributed by atoms with Crippen LogP contribution in [0.25, 0.3) is 11.5 Å². The minimum atomic E-state index is -2.83. The van der Waals surface area contributed by atoms with E-state index in [1.807, 2.05) is 18.2 Å². The summed E-state index contributed by atoms with van der Waals surface area (Å²) in [5.74, 6) is -0.399. The molecule has 2 aromatic heterocycles. The summed E-state index contributed by atoms with van der Waals surface area (Å²) < 4.78 is 31.6. The molecule has 1 aliphatic rings. The summed E-state index contributed by atoms with van der Waals surface area (Å²) in [6, 6.07) is 13.2. The molecular weight excluding hydrogens is 340 g/mol. The van der Waals surface area contributed by atoms with Crippen molar-refractivity contribution in [3.63, 3.8) is 0 Å². The van der Waals surface area contributed by atoms with Gasteiger partial charge in [-0.3, -0.25) is 4.79 Å². The third-order valence-corrected chi connectivity index (χ3v) is 4.96. The number of alkyl halides is 2. The van der Waals surface area contributed by atoms with Crippen molar-refractivity contribution >= 4 is 0 Å². The van der Waals surface area contributed by atoms with E-state index in [0.717, 1.165) is 6.42 Å². The highest BCUT2D eigenvalue weighted by molar-refractivity contribution is 5.51. The van der Waals surface area contributed by atoms with Gasteiger partial charge in [-0.1, -0.05) is 37.3 Å². The van der Waals surface area contributed by atoms with Crippen molar-refractivity contribution in [2.24, 2.45) is 5.41 Å². The van der Waals surface area contributed by atoms with E-state index in [9.17, 15) is 13.6 Å². The molecule has 5 nitrogen and oxygen atoms in total. The van der Waals surface area contributed by atoms with Crippen LogP contribution in [-0.2, 0) is 6.54 Å². The average Bonchev–Trinajstić information content (AvgIpc) is 3.06. The SMILES string of the molecule is C[C@]1(Cn2ccc(-c3nnc(C(F)F)o3)cc2=O)C[C@H]1c1ccccc1. The zero-order valence-corrected chi connectivity index (χ0v) is 14.1. The molecular formula is C19H17F2N3O2. The molecule has 0 saturated heterocycles. The Bertz CT molecular complexity index is 984. The summed E-state index contributed by atoms with van der Waals surface area (Å²) in [5, 5.41) is 6.85. The van der Waals surface area contributed by atoms with Gasteiger partial charge in [-0.25, -0.2) is 0 Å². The number of halogens is 2. The van der Waals surface area contributed by atoms with Gasteiger partial charge in [-0.2, -0.15) is 8.78 Å². The van der Waals surface area contributed by atoms with Crippen molar-refractivity contribution in [2.45, 2.75) is 32.2 Å². The lowest BCUT2D eigenvalue weighted by Crippen LogP contribution is -2.23. The number of aromatic nitrogens is 3. The van der Waals surface area contributed by atoms with E-state index in [1.165, 1.54) is 11.6 Å². The largest absolute Gasteiger partial charge is 0.415 e. The second-order valence-corrected chi connectivity index (χ2v) is 6.95. The predicted molar refractivity (Wildman–Crippen MR) is 90.9 cm³/mol. The first-order valence-corrected chi connectivity index (χ1v) is 8.34. The van der Waals surface area contributed by atoms with Crippen LogP contribution in [0.1, 0.15) is 37.1 Å². The first-order chi connectivity index (χ1) is 12.5. The van der Waals surface area contributed by atoms with Gasteiger partial charge in [0.1, 0.15) is 0 Å². The molecule has 0 amide bonds. The van der Waals surface area contributed by atoms with Crippen molar-refractivity contribution in [3.8, 4) is 11.5 Å². The molecule has 1 fully saturated rings. The van der Waals surface area contributed by atoms with E-state index in [0.29, 0.717) is 18.0 Å². The van der Waals surface area contributed by atoms with Gasteiger partial charge < -0.3 is 8.98 Å². The topological polar surface area (TPSA) is 60.9 Å². The number of hydrogen-bond acceptors (Lipinski definition) is 4. The Kier molecular flexibility index (Phi) is 3.94. The molecule has 2 heterocycles. The molecule has 0 aliphatic heterocycles. The fraction of sp³-hybridized carbons (Fsp3) is 0.316. The highest BCUT2D eigenvalue weighted by Crippen LogP contribution is 2.59. The molecule has 0 spiro atoms. The van der Waals surface area contributed by atoms with E-state index in [1.54, 1.807) is 16.8 Å². The van der Waals surface area contributed by atoms with Gasteiger partial charge in [0.25, 0.3) is 11.4 Å². The van der Waals surface area contributed by atoms with Gasteiger partial charge in [0.05, 0.1) is 0 Å². The Morgan fingerprint density at radius 1 is 1.27 bits per heavy atom. The molecule has 0 radical (unpaired) electrons. The Morgan fingerprint density at radius 2 is 2.04 bits per heavy atom. The summed E-state index contributed by atoms with van der Waals surface area (Å²) in [6.07, 6.45) is -0.163. The van der Waals surface area contributed by atoms with E-state index in [4.69, 9.17) is 4.42 Å². The molecule has 1 aromatic carbocycles. The minimum absolute atomic E-state index is 0.0278. The zero-order chi connectivity index (χ0) is 18.3. The fourth-order valence-corrected chi connectivity index (χ4v) is 3.39. The quantitative estimate of drug-likeness (QED) is 0.692. The van der Waals surface area contributed by atoms with Crippen LogP contribution < -0.4 is 5.56 Å². The predicted octanol–water partition coefficient (Wildman–Crippen LogP) is 4.03.